The highest BCUT2D eigenvalue weighted by molar-refractivity contribution is 5.70. The summed E-state index contributed by atoms with van der Waals surface area (Å²) in [6.07, 6.45) is 4.58. The number of ether oxygens (including phenoxy) is 1. The fraction of sp³-hybridized carbons (Fsp3) is 0.562. The molecule has 1 saturated carbocycles. The average molecular weight is 275 g/mol. The lowest BCUT2D eigenvalue weighted by Gasteiger charge is -2.34. The van der Waals surface area contributed by atoms with Gasteiger partial charge in [-0.05, 0) is 25.3 Å². The number of fused-ring (bicyclic) bond motifs is 1. The molecule has 108 valence electrons. The van der Waals surface area contributed by atoms with Gasteiger partial charge in [-0.3, -0.25) is 4.79 Å². The summed E-state index contributed by atoms with van der Waals surface area (Å²) in [6.45, 7) is 0.726. The molecule has 0 aromatic heterocycles. The lowest BCUT2D eigenvalue weighted by atomic mass is 9.85. The van der Waals surface area contributed by atoms with E-state index >= 15 is 0 Å². The minimum absolute atomic E-state index is 0.184. The maximum atomic E-state index is 11.1. The van der Waals surface area contributed by atoms with Gasteiger partial charge in [-0.15, -0.1) is 0 Å². The van der Waals surface area contributed by atoms with Gasteiger partial charge >= 0.3 is 5.97 Å². The highest BCUT2D eigenvalue weighted by Crippen LogP contribution is 2.34. The number of hydrogen-bond acceptors (Lipinski definition) is 3. The Labute approximate surface area is 119 Å². The Morgan fingerprint density at radius 3 is 2.95 bits per heavy atom. The third-order valence-electron chi connectivity index (χ3n) is 4.42. The van der Waals surface area contributed by atoms with Gasteiger partial charge in [-0.2, -0.15) is 0 Å². The SMILES string of the molecule is O=C(O)C1CCCC(NC2CCOc3ccccc32)C1. The van der Waals surface area contributed by atoms with E-state index in [4.69, 9.17) is 4.74 Å². The Bertz CT molecular complexity index is 488. The van der Waals surface area contributed by atoms with Crippen molar-refractivity contribution in [2.45, 2.75) is 44.2 Å². The second-order valence-electron chi connectivity index (χ2n) is 5.79. The molecule has 3 rings (SSSR count). The largest absolute Gasteiger partial charge is 0.493 e. The molecule has 20 heavy (non-hydrogen) atoms. The van der Waals surface area contributed by atoms with Gasteiger partial charge in [0, 0.05) is 24.1 Å². The van der Waals surface area contributed by atoms with E-state index in [9.17, 15) is 9.90 Å². The molecular weight excluding hydrogens is 254 g/mol. The van der Waals surface area contributed by atoms with E-state index in [1.807, 2.05) is 18.2 Å². The first kappa shape index (κ1) is 13.4. The highest BCUT2D eigenvalue weighted by atomic mass is 16.5. The van der Waals surface area contributed by atoms with Crippen molar-refractivity contribution in [2.24, 2.45) is 5.92 Å². The average Bonchev–Trinajstić information content (AvgIpc) is 2.48. The summed E-state index contributed by atoms with van der Waals surface area (Å²) >= 11 is 0. The molecule has 1 aromatic carbocycles. The highest BCUT2D eigenvalue weighted by Gasteiger charge is 2.30. The molecule has 1 heterocycles. The van der Waals surface area contributed by atoms with E-state index in [2.05, 4.69) is 11.4 Å². The zero-order chi connectivity index (χ0) is 13.9. The molecule has 2 N–H and O–H groups in total. The summed E-state index contributed by atoms with van der Waals surface area (Å²) in [5.74, 6) is 0.127. The van der Waals surface area contributed by atoms with Crippen LogP contribution in [0.4, 0.5) is 0 Å². The monoisotopic (exact) mass is 275 g/mol. The summed E-state index contributed by atoms with van der Waals surface area (Å²) in [5.41, 5.74) is 1.20. The van der Waals surface area contributed by atoms with Crippen molar-refractivity contribution in [3.05, 3.63) is 29.8 Å². The second kappa shape index (κ2) is 5.83. The molecule has 3 atom stereocenters. The van der Waals surface area contributed by atoms with E-state index in [0.29, 0.717) is 6.04 Å². The van der Waals surface area contributed by atoms with E-state index in [1.54, 1.807) is 0 Å². The van der Waals surface area contributed by atoms with Crippen LogP contribution >= 0.6 is 0 Å². The Morgan fingerprint density at radius 1 is 1.25 bits per heavy atom. The van der Waals surface area contributed by atoms with Crippen LogP contribution in [0.15, 0.2) is 24.3 Å². The molecule has 0 radical (unpaired) electrons. The molecule has 2 aliphatic rings. The van der Waals surface area contributed by atoms with Crippen LogP contribution in [0.1, 0.15) is 43.7 Å². The fourth-order valence-electron chi connectivity index (χ4n) is 3.37. The quantitative estimate of drug-likeness (QED) is 0.890. The van der Waals surface area contributed by atoms with E-state index in [0.717, 1.165) is 44.5 Å². The number of carbonyl (C=O) groups is 1. The molecule has 1 aromatic rings. The van der Waals surface area contributed by atoms with Crippen molar-refractivity contribution in [1.82, 2.24) is 5.32 Å². The molecule has 0 amide bonds. The maximum Gasteiger partial charge on any atom is 0.306 e. The number of aliphatic carboxylic acids is 1. The van der Waals surface area contributed by atoms with Crippen molar-refractivity contribution < 1.29 is 14.6 Å². The van der Waals surface area contributed by atoms with Gasteiger partial charge in [0.1, 0.15) is 5.75 Å². The Morgan fingerprint density at radius 2 is 2.10 bits per heavy atom. The van der Waals surface area contributed by atoms with E-state index < -0.39 is 5.97 Å². The summed E-state index contributed by atoms with van der Waals surface area (Å²) in [6, 6.07) is 8.72. The van der Waals surface area contributed by atoms with Gasteiger partial charge in [0.2, 0.25) is 0 Å². The van der Waals surface area contributed by atoms with Crippen LogP contribution in [-0.2, 0) is 4.79 Å². The summed E-state index contributed by atoms with van der Waals surface area (Å²) in [5, 5.41) is 12.8. The van der Waals surface area contributed by atoms with Crippen molar-refractivity contribution >= 4 is 5.97 Å². The fourth-order valence-corrected chi connectivity index (χ4v) is 3.37. The molecule has 4 nitrogen and oxygen atoms in total. The van der Waals surface area contributed by atoms with Crippen molar-refractivity contribution in [3.63, 3.8) is 0 Å². The first-order chi connectivity index (χ1) is 9.74. The zero-order valence-electron chi connectivity index (χ0n) is 11.5. The minimum atomic E-state index is -0.649. The number of rotatable bonds is 3. The normalized spacial score (nSPS) is 29.3. The Balaban J connectivity index is 1.68. The summed E-state index contributed by atoms with van der Waals surface area (Å²) < 4.78 is 5.67. The Kier molecular flexibility index (Phi) is 3.92. The number of nitrogens with one attached hydrogen (secondary N) is 1. The van der Waals surface area contributed by atoms with Crippen LogP contribution in [0.25, 0.3) is 0 Å². The van der Waals surface area contributed by atoms with Crippen molar-refractivity contribution in [1.29, 1.82) is 0 Å². The van der Waals surface area contributed by atoms with Gasteiger partial charge in [0.15, 0.2) is 0 Å². The van der Waals surface area contributed by atoms with Gasteiger partial charge in [0.05, 0.1) is 12.5 Å². The first-order valence-electron chi connectivity index (χ1n) is 7.44. The van der Waals surface area contributed by atoms with Gasteiger partial charge in [-0.25, -0.2) is 0 Å². The number of carboxylic acids is 1. The summed E-state index contributed by atoms with van der Waals surface area (Å²) in [4.78, 5) is 11.1. The Hall–Kier alpha value is -1.55. The molecule has 3 unspecified atom stereocenters. The zero-order valence-corrected chi connectivity index (χ0v) is 11.5. The van der Waals surface area contributed by atoms with Crippen molar-refractivity contribution in [3.8, 4) is 5.75 Å². The van der Waals surface area contributed by atoms with Crippen LogP contribution in [-0.4, -0.2) is 23.7 Å². The number of para-hydroxylation sites is 1. The predicted octanol–water partition coefficient (Wildman–Crippen LogP) is 2.74. The van der Waals surface area contributed by atoms with Crippen LogP contribution in [0, 0.1) is 5.92 Å². The lowest BCUT2D eigenvalue weighted by Crippen LogP contribution is -2.40. The standard InChI is InChI=1S/C16H21NO3/c18-16(19)11-4-3-5-12(10-11)17-14-8-9-20-15-7-2-1-6-13(14)15/h1-2,6-7,11-12,14,17H,3-5,8-10H2,(H,18,19). The number of benzene rings is 1. The number of carboxylic acid groups (broad SMARTS) is 1. The van der Waals surface area contributed by atoms with Crippen LogP contribution in [0.2, 0.25) is 0 Å². The molecule has 1 aliphatic heterocycles. The van der Waals surface area contributed by atoms with Crippen LogP contribution in [0.5, 0.6) is 5.75 Å². The molecule has 1 aliphatic carbocycles. The lowest BCUT2D eigenvalue weighted by molar-refractivity contribution is -0.143. The third-order valence-corrected chi connectivity index (χ3v) is 4.42. The smallest absolute Gasteiger partial charge is 0.306 e. The molecule has 1 fully saturated rings. The molecule has 0 spiro atoms. The van der Waals surface area contributed by atoms with Gasteiger partial charge in [0.25, 0.3) is 0 Å². The topological polar surface area (TPSA) is 58.6 Å². The molecule has 0 bridgehead atoms. The second-order valence-corrected chi connectivity index (χ2v) is 5.79. The van der Waals surface area contributed by atoms with Gasteiger partial charge < -0.3 is 15.2 Å². The summed E-state index contributed by atoms with van der Waals surface area (Å²) in [7, 11) is 0. The third kappa shape index (κ3) is 2.80. The van der Waals surface area contributed by atoms with Crippen molar-refractivity contribution in [2.75, 3.05) is 6.61 Å². The molecule has 4 heteroatoms. The predicted molar refractivity (Wildman–Crippen MR) is 75.8 cm³/mol. The van der Waals surface area contributed by atoms with Gasteiger partial charge in [-0.1, -0.05) is 24.6 Å². The van der Waals surface area contributed by atoms with E-state index in [-0.39, 0.29) is 12.0 Å². The molecular formula is C16H21NO3. The number of hydrogen-bond donors (Lipinski definition) is 2. The van der Waals surface area contributed by atoms with E-state index in [1.165, 1.54) is 5.56 Å². The first-order valence-corrected chi connectivity index (χ1v) is 7.44. The minimum Gasteiger partial charge on any atom is -0.493 e. The molecule has 0 saturated heterocycles. The maximum absolute atomic E-state index is 11.1. The van der Waals surface area contributed by atoms with Crippen LogP contribution < -0.4 is 10.1 Å². The van der Waals surface area contributed by atoms with Crippen LogP contribution in [0.3, 0.4) is 0 Å².